The predicted octanol–water partition coefficient (Wildman–Crippen LogP) is 2.06. The molecule has 0 aliphatic rings. The van der Waals surface area contributed by atoms with Crippen molar-refractivity contribution in [2.75, 3.05) is 13.7 Å². The largest absolute Gasteiger partial charge is 0.384 e. The fraction of sp³-hybridized carbons (Fsp3) is 0.400. The molecule has 0 aromatic carbocycles. The second-order valence-corrected chi connectivity index (χ2v) is 2.89. The lowest BCUT2D eigenvalue weighted by Gasteiger charge is -1.99. The third-order valence-electron chi connectivity index (χ3n) is 1.75. The first-order valence-electron chi connectivity index (χ1n) is 4.37. The molecule has 0 spiro atoms. The highest BCUT2D eigenvalue weighted by molar-refractivity contribution is 5.56. The van der Waals surface area contributed by atoms with E-state index >= 15 is 0 Å². The summed E-state index contributed by atoms with van der Waals surface area (Å²) < 4.78 is 17.4. The first-order chi connectivity index (χ1) is 6.74. The average Bonchev–Trinajstić information content (AvgIpc) is 2.19. The molecule has 0 amide bonds. The van der Waals surface area contributed by atoms with Crippen molar-refractivity contribution in [3.63, 3.8) is 0 Å². The number of allylic oxidation sites excluding steroid dienone is 1. The molecule has 1 aromatic rings. The van der Waals surface area contributed by atoms with Gasteiger partial charge in [0, 0.05) is 13.7 Å². The average molecular weight is 196 g/mol. The molecule has 3 nitrogen and oxygen atoms in total. The van der Waals surface area contributed by atoms with Gasteiger partial charge >= 0.3 is 0 Å². The highest BCUT2D eigenvalue weighted by atomic mass is 19.1. The predicted molar refractivity (Wildman–Crippen MR) is 52.1 cm³/mol. The van der Waals surface area contributed by atoms with E-state index < -0.39 is 5.82 Å². The normalized spacial score (nSPS) is 11.8. The van der Waals surface area contributed by atoms with Gasteiger partial charge in [-0.05, 0) is 18.9 Å². The molecule has 14 heavy (non-hydrogen) atoms. The van der Waals surface area contributed by atoms with Gasteiger partial charge in [0.05, 0.1) is 12.4 Å². The van der Waals surface area contributed by atoms with Gasteiger partial charge in [-0.15, -0.1) is 0 Å². The van der Waals surface area contributed by atoms with Crippen LogP contribution in [0.3, 0.4) is 0 Å². The van der Waals surface area contributed by atoms with Crippen molar-refractivity contribution in [2.45, 2.75) is 13.3 Å². The number of ether oxygens (including phenoxy) is 1. The van der Waals surface area contributed by atoms with E-state index in [-0.39, 0.29) is 0 Å². The Morgan fingerprint density at radius 3 is 2.71 bits per heavy atom. The zero-order valence-electron chi connectivity index (χ0n) is 8.33. The van der Waals surface area contributed by atoms with Crippen molar-refractivity contribution in [2.24, 2.45) is 0 Å². The number of hydrogen-bond donors (Lipinski definition) is 0. The molecule has 1 rings (SSSR count). The van der Waals surface area contributed by atoms with Gasteiger partial charge < -0.3 is 4.74 Å². The van der Waals surface area contributed by atoms with Crippen LogP contribution in [0.15, 0.2) is 18.5 Å². The molecule has 0 saturated heterocycles. The summed E-state index contributed by atoms with van der Waals surface area (Å²) >= 11 is 0. The van der Waals surface area contributed by atoms with Gasteiger partial charge in [0.2, 0.25) is 0 Å². The molecule has 0 aliphatic heterocycles. The molecule has 0 bridgehead atoms. The lowest BCUT2D eigenvalue weighted by Crippen LogP contribution is -1.93. The number of aromatic nitrogens is 2. The summed E-state index contributed by atoms with van der Waals surface area (Å²) in [6.45, 7) is 2.56. The Bertz CT molecular complexity index is 308. The number of methoxy groups -OCH3 is 1. The van der Waals surface area contributed by atoms with Crippen LogP contribution in [0.5, 0.6) is 0 Å². The number of halogens is 1. The maximum Gasteiger partial charge on any atom is 0.159 e. The van der Waals surface area contributed by atoms with Crippen molar-refractivity contribution in [3.8, 4) is 0 Å². The molecule has 0 saturated carbocycles. The molecule has 0 atom stereocenters. The van der Waals surface area contributed by atoms with E-state index in [1.165, 1.54) is 0 Å². The van der Waals surface area contributed by atoms with Crippen LogP contribution in [0.1, 0.15) is 19.2 Å². The highest BCUT2D eigenvalue weighted by Crippen LogP contribution is 2.08. The number of rotatable bonds is 4. The standard InChI is InChI=1S/C10H13FN2O/c1-8(4-3-5-14-2)10-12-6-9(11)7-13-10/h4,6-7H,3,5H2,1-2H3/b8-4-. The van der Waals surface area contributed by atoms with Gasteiger partial charge in [-0.1, -0.05) is 6.08 Å². The Hall–Kier alpha value is -1.29. The Balaban J connectivity index is 2.64. The van der Waals surface area contributed by atoms with Crippen LogP contribution < -0.4 is 0 Å². The maximum absolute atomic E-state index is 12.5. The van der Waals surface area contributed by atoms with Gasteiger partial charge in [0.15, 0.2) is 11.6 Å². The summed E-state index contributed by atoms with van der Waals surface area (Å²) in [7, 11) is 1.65. The lowest BCUT2D eigenvalue weighted by atomic mass is 10.2. The van der Waals surface area contributed by atoms with Gasteiger partial charge in [0.25, 0.3) is 0 Å². The molecule has 4 heteroatoms. The van der Waals surface area contributed by atoms with Crippen LogP contribution in [0.4, 0.5) is 4.39 Å². The van der Waals surface area contributed by atoms with Gasteiger partial charge in [0.1, 0.15) is 0 Å². The molecule has 0 N–H and O–H groups in total. The molecule has 1 aromatic heterocycles. The third kappa shape index (κ3) is 3.22. The lowest BCUT2D eigenvalue weighted by molar-refractivity contribution is 0.204. The smallest absolute Gasteiger partial charge is 0.159 e. The van der Waals surface area contributed by atoms with Crippen LogP contribution in [0.2, 0.25) is 0 Å². The van der Waals surface area contributed by atoms with Crippen LogP contribution in [0, 0.1) is 5.82 Å². The summed E-state index contributed by atoms with van der Waals surface area (Å²) in [5.74, 6) is 0.140. The second kappa shape index (κ2) is 5.44. The molecule has 0 fully saturated rings. The fourth-order valence-corrected chi connectivity index (χ4v) is 1.00. The molecule has 0 aliphatic carbocycles. The topological polar surface area (TPSA) is 35.0 Å². The van der Waals surface area contributed by atoms with Crippen LogP contribution >= 0.6 is 0 Å². The monoisotopic (exact) mass is 196 g/mol. The van der Waals surface area contributed by atoms with Crippen molar-refractivity contribution >= 4 is 5.57 Å². The Kier molecular flexibility index (Phi) is 4.19. The van der Waals surface area contributed by atoms with E-state index in [1.54, 1.807) is 7.11 Å². The first kappa shape index (κ1) is 10.8. The summed E-state index contributed by atoms with van der Waals surface area (Å²) in [5, 5.41) is 0. The third-order valence-corrected chi connectivity index (χ3v) is 1.75. The molecule has 0 radical (unpaired) electrons. The minimum absolute atomic E-state index is 0.418. The molecular weight excluding hydrogens is 183 g/mol. The second-order valence-electron chi connectivity index (χ2n) is 2.89. The van der Waals surface area contributed by atoms with E-state index in [4.69, 9.17) is 4.74 Å². The van der Waals surface area contributed by atoms with E-state index in [9.17, 15) is 4.39 Å². The van der Waals surface area contributed by atoms with E-state index in [0.717, 1.165) is 24.4 Å². The van der Waals surface area contributed by atoms with Gasteiger partial charge in [-0.25, -0.2) is 14.4 Å². The maximum atomic E-state index is 12.5. The van der Waals surface area contributed by atoms with Crippen molar-refractivity contribution < 1.29 is 9.13 Å². The van der Waals surface area contributed by atoms with Crippen molar-refractivity contribution in [1.29, 1.82) is 0 Å². The molecule has 0 unspecified atom stereocenters. The van der Waals surface area contributed by atoms with Gasteiger partial charge in [-0.2, -0.15) is 0 Å². The Morgan fingerprint density at radius 1 is 1.50 bits per heavy atom. The minimum Gasteiger partial charge on any atom is -0.384 e. The Labute approximate surface area is 82.6 Å². The zero-order chi connectivity index (χ0) is 10.4. The zero-order valence-corrected chi connectivity index (χ0v) is 8.33. The SMILES string of the molecule is COCC/C=C(/C)c1ncc(F)cn1. The van der Waals surface area contributed by atoms with Crippen LogP contribution in [-0.4, -0.2) is 23.7 Å². The van der Waals surface area contributed by atoms with E-state index in [2.05, 4.69) is 9.97 Å². The van der Waals surface area contributed by atoms with Crippen LogP contribution in [0.25, 0.3) is 5.57 Å². The Morgan fingerprint density at radius 2 is 2.14 bits per heavy atom. The fourth-order valence-electron chi connectivity index (χ4n) is 1.00. The van der Waals surface area contributed by atoms with E-state index in [0.29, 0.717) is 12.4 Å². The summed E-state index contributed by atoms with van der Waals surface area (Å²) in [6.07, 6.45) is 5.10. The quantitative estimate of drug-likeness (QED) is 0.691. The molecular formula is C10H13FN2O. The molecule has 1 heterocycles. The number of hydrogen-bond acceptors (Lipinski definition) is 3. The summed E-state index contributed by atoms with van der Waals surface area (Å²) in [4.78, 5) is 7.72. The van der Waals surface area contributed by atoms with Crippen molar-refractivity contribution in [1.82, 2.24) is 9.97 Å². The molecule has 76 valence electrons. The van der Waals surface area contributed by atoms with Crippen molar-refractivity contribution in [3.05, 3.63) is 30.1 Å². The number of nitrogens with zero attached hydrogens (tertiary/aromatic N) is 2. The summed E-state index contributed by atoms with van der Waals surface area (Å²) in [6, 6.07) is 0. The van der Waals surface area contributed by atoms with E-state index in [1.807, 2.05) is 13.0 Å². The minimum atomic E-state index is -0.418. The van der Waals surface area contributed by atoms with Gasteiger partial charge in [-0.3, -0.25) is 0 Å². The summed E-state index contributed by atoms with van der Waals surface area (Å²) in [5.41, 5.74) is 0.932. The first-order valence-corrected chi connectivity index (χ1v) is 4.37. The highest BCUT2D eigenvalue weighted by Gasteiger charge is 1.98. The van der Waals surface area contributed by atoms with Crippen LogP contribution in [-0.2, 0) is 4.74 Å².